The van der Waals surface area contributed by atoms with Crippen molar-refractivity contribution >= 4 is 17.7 Å². The predicted octanol–water partition coefficient (Wildman–Crippen LogP) is 5.44. The largest absolute Gasteiger partial charge is 0.459 e. The third-order valence-electron chi connectivity index (χ3n) is 5.26. The Morgan fingerprint density at radius 3 is 1.96 bits per heavy atom. The average molecular weight is 404 g/mol. The van der Waals surface area contributed by atoms with Gasteiger partial charge in [-0.15, -0.1) is 0 Å². The van der Waals surface area contributed by atoms with Crippen molar-refractivity contribution in [3.63, 3.8) is 0 Å². The summed E-state index contributed by atoms with van der Waals surface area (Å²) in [4.78, 5) is 23.6. The van der Waals surface area contributed by atoms with Crippen LogP contribution >= 0.6 is 11.8 Å². The number of thioether (sulfide) groups is 1. The molecule has 0 aliphatic carbocycles. The van der Waals surface area contributed by atoms with E-state index in [1.54, 1.807) is 11.8 Å². The van der Waals surface area contributed by atoms with Crippen LogP contribution in [0.4, 0.5) is 0 Å². The molecule has 5 nitrogen and oxygen atoms in total. The number of nitrogens with zero attached hydrogens (tertiary/aromatic N) is 1. The molecule has 0 aliphatic rings. The zero-order valence-corrected chi connectivity index (χ0v) is 19.8. The fourth-order valence-corrected chi connectivity index (χ4v) is 4.63. The number of carbonyl (C=O) groups excluding carboxylic acids is 1. The summed E-state index contributed by atoms with van der Waals surface area (Å²) in [5.74, 6) is 0.726. The van der Waals surface area contributed by atoms with Gasteiger partial charge in [0.1, 0.15) is 11.6 Å². The molecule has 0 aliphatic heterocycles. The lowest BCUT2D eigenvalue weighted by Crippen LogP contribution is -2.41. The molecule has 6 heteroatoms. The van der Waals surface area contributed by atoms with Crippen LogP contribution in [0.25, 0.3) is 0 Å². The molecule has 0 amide bonds. The number of nitroso groups, excluding NO2 is 1. The van der Waals surface area contributed by atoms with E-state index in [1.165, 1.54) is 0 Å². The number of hydrogen-bond acceptors (Lipinski definition) is 6. The predicted molar refractivity (Wildman–Crippen MR) is 115 cm³/mol. The van der Waals surface area contributed by atoms with Gasteiger partial charge < -0.3 is 9.84 Å². The lowest BCUT2D eigenvalue weighted by atomic mass is 9.73. The Kier molecular flexibility index (Phi) is 9.50. The zero-order chi connectivity index (χ0) is 21.7. The zero-order valence-electron chi connectivity index (χ0n) is 19.0. The maximum atomic E-state index is 12.9. The molecule has 0 spiro atoms. The standard InChI is InChI=1S/C21H41NO4S/c1-15(2)18(3,4)13-20(7,8)26-17(24)19(5,6)14-21(9,10)27-12-16(11-23)22-25/h15-16,23H,11-14H2,1-10H3. The molecule has 0 aromatic rings. The summed E-state index contributed by atoms with van der Waals surface area (Å²) < 4.78 is 5.70. The second kappa shape index (κ2) is 9.73. The van der Waals surface area contributed by atoms with Crippen molar-refractivity contribution in [2.45, 2.75) is 98.5 Å². The van der Waals surface area contributed by atoms with E-state index >= 15 is 0 Å². The first-order chi connectivity index (χ1) is 12.0. The molecular formula is C21H41NO4S. The van der Waals surface area contributed by atoms with Crippen molar-refractivity contribution in [3.05, 3.63) is 4.91 Å². The third kappa shape index (κ3) is 9.42. The number of esters is 1. The Labute approximate surface area is 170 Å². The van der Waals surface area contributed by atoms with E-state index in [0.29, 0.717) is 18.1 Å². The van der Waals surface area contributed by atoms with E-state index in [-0.39, 0.29) is 22.7 Å². The van der Waals surface area contributed by atoms with Gasteiger partial charge in [-0.1, -0.05) is 46.7 Å². The minimum atomic E-state index is -0.654. The normalized spacial score (nSPS) is 15.0. The molecule has 0 radical (unpaired) electrons. The van der Waals surface area contributed by atoms with Gasteiger partial charge in [0.2, 0.25) is 0 Å². The highest BCUT2D eigenvalue weighted by molar-refractivity contribution is 8.00. The molecule has 1 N–H and O–H groups in total. The quantitative estimate of drug-likeness (QED) is 0.347. The van der Waals surface area contributed by atoms with Gasteiger partial charge in [0.05, 0.1) is 12.0 Å². The first-order valence-corrected chi connectivity index (χ1v) is 10.8. The number of hydrogen-bond donors (Lipinski definition) is 1. The van der Waals surface area contributed by atoms with E-state index < -0.39 is 17.1 Å². The molecule has 0 fully saturated rings. The summed E-state index contributed by atoms with van der Waals surface area (Å²) in [6, 6.07) is -0.610. The number of aliphatic hydroxyl groups excluding tert-OH is 1. The number of ether oxygens (including phenoxy) is 1. The summed E-state index contributed by atoms with van der Waals surface area (Å²) in [6.07, 6.45) is 1.39. The molecule has 0 saturated carbocycles. The molecule has 0 aromatic heterocycles. The van der Waals surface area contributed by atoms with Crippen LogP contribution in [0, 0.1) is 21.7 Å². The van der Waals surface area contributed by atoms with E-state index in [0.717, 1.165) is 6.42 Å². The van der Waals surface area contributed by atoms with Crippen LogP contribution in [-0.2, 0) is 9.53 Å². The second-order valence-electron chi connectivity index (χ2n) is 10.5. The van der Waals surface area contributed by atoms with Crippen molar-refractivity contribution in [1.82, 2.24) is 0 Å². The molecule has 0 bridgehead atoms. The Balaban J connectivity index is 4.99. The van der Waals surface area contributed by atoms with E-state index in [4.69, 9.17) is 9.84 Å². The van der Waals surface area contributed by atoms with Crippen molar-refractivity contribution in [1.29, 1.82) is 0 Å². The van der Waals surface area contributed by atoms with Crippen LogP contribution in [0.2, 0.25) is 0 Å². The highest BCUT2D eigenvalue weighted by atomic mass is 32.2. The van der Waals surface area contributed by atoms with Crippen LogP contribution in [-0.4, -0.2) is 39.8 Å². The smallest absolute Gasteiger partial charge is 0.312 e. The highest BCUT2D eigenvalue weighted by Gasteiger charge is 2.41. The third-order valence-corrected chi connectivity index (χ3v) is 6.74. The molecule has 160 valence electrons. The monoisotopic (exact) mass is 403 g/mol. The van der Waals surface area contributed by atoms with Crippen molar-refractivity contribution in [2.24, 2.45) is 21.9 Å². The van der Waals surface area contributed by atoms with Crippen molar-refractivity contribution in [2.75, 3.05) is 12.4 Å². The van der Waals surface area contributed by atoms with Crippen molar-refractivity contribution < 1.29 is 14.6 Å². The lowest BCUT2D eigenvalue weighted by molar-refractivity contribution is -0.171. The Morgan fingerprint density at radius 1 is 1.04 bits per heavy atom. The number of rotatable bonds is 12. The summed E-state index contributed by atoms with van der Waals surface area (Å²) in [5.41, 5.74) is -1.12. The molecule has 0 aromatic carbocycles. The molecular weight excluding hydrogens is 362 g/mol. The fourth-order valence-electron chi connectivity index (χ4n) is 3.35. The van der Waals surface area contributed by atoms with Gasteiger partial charge in [0, 0.05) is 10.5 Å². The molecule has 0 saturated heterocycles. The van der Waals surface area contributed by atoms with Crippen molar-refractivity contribution in [3.8, 4) is 0 Å². The fraction of sp³-hybridized carbons (Fsp3) is 0.952. The van der Waals surface area contributed by atoms with Gasteiger partial charge in [0.15, 0.2) is 0 Å². The molecule has 27 heavy (non-hydrogen) atoms. The SMILES string of the molecule is CC(C)C(C)(C)CC(C)(C)OC(=O)C(C)(C)CC(C)(C)SCC(CO)N=O. The van der Waals surface area contributed by atoms with Crippen LogP contribution in [0.3, 0.4) is 0 Å². The average Bonchev–Trinajstić information content (AvgIpc) is 2.45. The summed E-state index contributed by atoms with van der Waals surface area (Å²) in [7, 11) is 0. The summed E-state index contributed by atoms with van der Waals surface area (Å²) in [5, 5.41) is 12.0. The maximum absolute atomic E-state index is 12.9. The van der Waals surface area contributed by atoms with Gasteiger partial charge in [-0.2, -0.15) is 16.7 Å². The maximum Gasteiger partial charge on any atom is 0.312 e. The van der Waals surface area contributed by atoms with Gasteiger partial charge in [-0.3, -0.25) is 4.79 Å². The van der Waals surface area contributed by atoms with E-state index in [1.807, 2.05) is 41.5 Å². The highest BCUT2D eigenvalue weighted by Crippen LogP contribution is 2.41. The summed E-state index contributed by atoms with van der Waals surface area (Å²) >= 11 is 1.55. The van der Waals surface area contributed by atoms with E-state index in [2.05, 4.69) is 32.9 Å². The van der Waals surface area contributed by atoms with Crippen LogP contribution in [0.5, 0.6) is 0 Å². The molecule has 1 atom stereocenters. The Hall–Kier alpha value is -0.620. The molecule has 0 heterocycles. The topological polar surface area (TPSA) is 76.0 Å². The minimum absolute atomic E-state index is 0.0736. The first kappa shape index (κ1) is 26.4. The second-order valence-corrected chi connectivity index (χ2v) is 12.3. The van der Waals surface area contributed by atoms with Crippen LogP contribution in [0.15, 0.2) is 5.18 Å². The number of carbonyl (C=O) groups is 1. The summed E-state index contributed by atoms with van der Waals surface area (Å²) in [6.45, 7) is 20.4. The van der Waals surface area contributed by atoms with Gasteiger partial charge in [-0.05, 0) is 51.9 Å². The molecule has 0 rings (SSSR count). The Morgan fingerprint density at radius 2 is 1.56 bits per heavy atom. The minimum Gasteiger partial charge on any atom is -0.459 e. The van der Waals surface area contributed by atoms with Gasteiger partial charge in [0.25, 0.3) is 0 Å². The van der Waals surface area contributed by atoms with Crippen LogP contribution in [0.1, 0.15) is 82.1 Å². The van der Waals surface area contributed by atoms with Gasteiger partial charge >= 0.3 is 5.97 Å². The first-order valence-electron chi connectivity index (χ1n) is 9.79. The number of aliphatic hydroxyl groups is 1. The van der Waals surface area contributed by atoms with Crippen LogP contribution < -0.4 is 0 Å². The van der Waals surface area contributed by atoms with Gasteiger partial charge in [-0.25, -0.2) is 0 Å². The lowest BCUT2D eigenvalue weighted by Gasteiger charge is -2.40. The Bertz CT molecular complexity index is 498. The molecule has 1 unspecified atom stereocenters. The van der Waals surface area contributed by atoms with E-state index in [9.17, 15) is 9.70 Å².